The number of aliphatic hydroxyl groups excluding tert-OH is 1. The molecule has 1 atom stereocenters. The summed E-state index contributed by atoms with van der Waals surface area (Å²) in [5.41, 5.74) is 0. The summed E-state index contributed by atoms with van der Waals surface area (Å²) in [7, 11) is 0. The lowest BCUT2D eigenvalue weighted by Gasteiger charge is -2.15. The normalized spacial score (nSPS) is 12.8. The van der Waals surface area contributed by atoms with Crippen molar-refractivity contribution in [2.45, 2.75) is 193 Å². The fraction of sp³-hybridized carbons (Fsp3) is 0.727. The van der Waals surface area contributed by atoms with Crippen LogP contribution in [0.3, 0.4) is 0 Å². The van der Waals surface area contributed by atoms with Gasteiger partial charge in [0.15, 0.2) is 6.10 Å². The summed E-state index contributed by atoms with van der Waals surface area (Å²) in [6.45, 7) is 3.98. The Labute approximate surface area is 302 Å². The maximum Gasteiger partial charge on any atom is 0.306 e. The molecule has 1 unspecified atom stereocenters. The van der Waals surface area contributed by atoms with Gasteiger partial charge in [0.05, 0.1) is 6.61 Å². The minimum atomic E-state index is -0.800. The molecule has 0 heterocycles. The van der Waals surface area contributed by atoms with Crippen molar-refractivity contribution in [1.29, 1.82) is 0 Å². The predicted octanol–water partition coefficient (Wildman–Crippen LogP) is 12.8. The predicted molar refractivity (Wildman–Crippen MR) is 210 cm³/mol. The fourth-order valence-electron chi connectivity index (χ4n) is 5.53. The zero-order chi connectivity index (χ0) is 35.7. The molecule has 0 bridgehead atoms. The number of ether oxygens (including phenoxy) is 2. The Morgan fingerprint density at radius 1 is 0.490 bits per heavy atom. The number of allylic oxidation sites excluding steroid dienone is 10. The van der Waals surface area contributed by atoms with Crippen LogP contribution in [0.25, 0.3) is 0 Å². The van der Waals surface area contributed by atoms with Gasteiger partial charge in [-0.15, -0.1) is 0 Å². The number of carbonyl (C=O) groups is 2. The zero-order valence-electron chi connectivity index (χ0n) is 31.9. The standard InChI is InChI=1S/C44H76O5/c1-3-5-7-9-11-13-15-17-19-21-23-24-26-28-30-32-34-36-38-43(46)48-41-42(40-45)49-44(47)39-37-35-33-31-29-27-25-22-20-18-16-14-12-10-8-6-4-2/h6,8,12,14,18,20,25,27,31,33,42,45H,3-5,7,9-11,13,15-17,19,21-24,26,28-30,32,34-41H2,1-2H3/b8-6-,14-12-,20-18-,27-25-,33-31-. The number of hydrogen-bond acceptors (Lipinski definition) is 5. The second-order valence-corrected chi connectivity index (χ2v) is 13.3. The quantitative estimate of drug-likeness (QED) is 0.0404. The molecule has 49 heavy (non-hydrogen) atoms. The highest BCUT2D eigenvalue weighted by Gasteiger charge is 2.15. The van der Waals surface area contributed by atoms with E-state index in [1.165, 1.54) is 96.3 Å². The van der Waals surface area contributed by atoms with Crippen LogP contribution < -0.4 is 0 Å². The number of carbonyl (C=O) groups excluding carboxylic acids is 2. The molecule has 0 aromatic carbocycles. The second-order valence-electron chi connectivity index (χ2n) is 13.3. The van der Waals surface area contributed by atoms with Crippen molar-refractivity contribution in [3.05, 3.63) is 60.8 Å². The SMILES string of the molecule is CC/C=C\C/C=C\C/C=C\C/C=C\C/C=C\CCCC(=O)OC(CO)COC(=O)CCCCCCCCCCCCCCCCCCCC. The molecule has 0 radical (unpaired) electrons. The Bertz CT molecular complexity index is 869. The molecule has 0 rings (SSSR count). The molecular weight excluding hydrogens is 608 g/mol. The summed E-state index contributed by atoms with van der Waals surface area (Å²) >= 11 is 0. The summed E-state index contributed by atoms with van der Waals surface area (Å²) in [5.74, 6) is -0.657. The van der Waals surface area contributed by atoms with Crippen LogP contribution >= 0.6 is 0 Å². The molecule has 0 aliphatic carbocycles. The lowest BCUT2D eigenvalue weighted by Crippen LogP contribution is -2.28. The molecule has 0 aliphatic heterocycles. The number of esters is 2. The minimum absolute atomic E-state index is 0.0884. The van der Waals surface area contributed by atoms with Gasteiger partial charge in [-0.3, -0.25) is 9.59 Å². The molecule has 1 N–H and O–H groups in total. The van der Waals surface area contributed by atoms with Crippen LogP contribution in [0, 0.1) is 0 Å². The van der Waals surface area contributed by atoms with Gasteiger partial charge in [0, 0.05) is 12.8 Å². The lowest BCUT2D eigenvalue weighted by atomic mass is 10.0. The molecule has 0 aromatic heterocycles. The average Bonchev–Trinajstić information content (AvgIpc) is 3.10. The van der Waals surface area contributed by atoms with Crippen molar-refractivity contribution in [2.75, 3.05) is 13.2 Å². The molecule has 0 saturated heterocycles. The van der Waals surface area contributed by atoms with Crippen molar-refractivity contribution in [1.82, 2.24) is 0 Å². The van der Waals surface area contributed by atoms with Crippen molar-refractivity contribution in [2.24, 2.45) is 0 Å². The third-order valence-corrected chi connectivity index (χ3v) is 8.58. The molecule has 5 nitrogen and oxygen atoms in total. The highest BCUT2D eigenvalue weighted by molar-refractivity contribution is 5.70. The summed E-state index contributed by atoms with van der Waals surface area (Å²) in [6.07, 6.45) is 51.5. The molecule has 5 heteroatoms. The molecule has 0 amide bonds. The molecular formula is C44H76O5. The Morgan fingerprint density at radius 3 is 1.31 bits per heavy atom. The van der Waals surface area contributed by atoms with Crippen molar-refractivity contribution in [3.63, 3.8) is 0 Å². The largest absolute Gasteiger partial charge is 0.462 e. The molecule has 0 aromatic rings. The third-order valence-electron chi connectivity index (χ3n) is 8.58. The average molecular weight is 685 g/mol. The van der Waals surface area contributed by atoms with Crippen LogP contribution in [0.15, 0.2) is 60.8 Å². The van der Waals surface area contributed by atoms with Gasteiger partial charge >= 0.3 is 11.9 Å². The molecule has 0 aliphatic rings. The van der Waals surface area contributed by atoms with Gasteiger partial charge in [0.1, 0.15) is 6.61 Å². The summed E-state index contributed by atoms with van der Waals surface area (Å²) < 4.78 is 10.6. The molecule has 0 spiro atoms. The van der Waals surface area contributed by atoms with Crippen LogP contribution in [0.5, 0.6) is 0 Å². The zero-order valence-corrected chi connectivity index (χ0v) is 31.9. The molecule has 0 saturated carbocycles. The number of aliphatic hydroxyl groups is 1. The first-order valence-electron chi connectivity index (χ1n) is 20.3. The van der Waals surface area contributed by atoms with Gasteiger partial charge in [-0.2, -0.15) is 0 Å². The van der Waals surface area contributed by atoms with E-state index in [4.69, 9.17) is 9.47 Å². The third kappa shape index (κ3) is 38.3. The van der Waals surface area contributed by atoms with Gasteiger partial charge in [0.25, 0.3) is 0 Å². The summed E-state index contributed by atoms with van der Waals surface area (Å²) in [6, 6.07) is 0. The number of unbranched alkanes of at least 4 members (excludes halogenated alkanes) is 18. The van der Waals surface area contributed by atoms with E-state index in [9.17, 15) is 14.7 Å². The summed E-state index contributed by atoms with van der Waals surface area (Å²) in [5, 5.41) is 9.55. The number of hydrogen-bond donors (Lipinski definition) is 1. The fourth-order valence-corrected chi connectivity index (χ4v) is 5.53. The Hall–Kier alpha value is -2.40. The molecule has 0 fully saturated rings. The van der Waals surface area contributed by atoms with Crippen LogP contribution in [0.1, 0.15) is 187 Å². The Morgan fingerprint density at radius 2 is 0.878 bits per heavy atom. The second kappa shape index (κ2) is 40.0. The van der Waals surface area contributed by atoms with E-state index in [2.05, 4.69) is 74.6 Å². The van der Waals surface area contributed by atoms with Gasteiger partial charge < -0.3 is 14.6 Å². The topological polar surface area (TPSA) is 72.8 Å². The van der Waals surface area contributed by atoms with E-state index < -0.39 is 6.10 Å². The maximum atomic E-state index is 12.1. The van der Waals surface area contributed by atoms with Gasteiger partial charge in [-0.05, 0) is 51.4 Å². The van der Waals surface area contributed by atoms with Crippen LogP contribution in [-0.4, -0.2) is 36.4 Å². The first-order valence-corrected chi connectivity index (χ1v) is 20.3. The van der Waals surface area contributed by atoms with E-state index in [0.29, 0.717) is 12.8 Å². The van der Waals surface area contributed by atoms with E-state index in [1.54, 1.807) is 0 Å². The Kier molecular flexibility index (Phi) is 38.1. The van der Waals surface area contributed by atoms with Crippen molar-refractivity contribution in [3.8, 4) is 0 Å². The van der Waals surface area contributed by atoms with Crippen molar-refractivity contribution >= 4 is 11.9 Å². The highest BCUT2D eigenvalue weighted by Crippen LogP contribution is 2.15. The van der Waals surface area contributed by atoms with E-state index in [1.807, 2.05) is 0 Å². The Balaban J connectivity index is 3.63. The number of rotatable bonds is 36. The van der Waals surface area contributed by atoms with E-state index in [-0.39, 0.29) is 31.6 Å². The lowest BCUT2D eigenvalue weighted by molar-refractivity contribution is -0.161. The van der Waals surface area contributed by atoms with Gasteiger partial charge in [-0.25, -0.2) is 0 Å². The smallest absolute Gasteiger partial charge is 0.306 e. The van der Waals surface area contributed by atoms with Gasteiger partial charge in [-0.1, -0.05) is 184 Å². The minimum Gasteiger partial charge on any atom is -0.462 e. The van der Waals surface area contributed by atoms with Crippen LogP contribution in [-0.2, 0) is 19.1 Å². The van der Waals surface area contributed by atoms with Crippen LogP contribution in [0.2, 0.25) is 0 Å². The molecule has 282 valence electrons. The van der Waals surface area contributed by atoms with E-state index in [0.717, 1.165) is 57.8 Å². The highest BCUT2D eigenvalue weighted by atomic mass is 16.6. The monoisotopic (exact) mass is 685 g/mol. The van der Waals surface area contributed by atoms with Crippen LogP contribution in [0.4, 0.5) is 0 Å². The maximum absolute atomic E-state index is 12.1. The van der Waals surface area contributed by atoms with E-state index >= 15 is 0 Å². The van der Waals surface area contributed by atoms with Crippen molar-refractivity contribution < 1.29 is 24.2 Å². The first kappa shape index (κ1) is 46.6. The van der Waals surface area contributed by atoms with Gasteiger partial charge in [0.2, 0.25) is 0 Å². The first-order chi connectivity index (χ1) is 24.1. The summed E-state index contributed by atoms with van der Waals surface area (Å²) in [4.78, 5) is 24.3.